The van der Waals surface area contributed by atoms with Crippen molar-refractivity contribution >= 4 is 35.0 Å². The Hall–Kier alpha value is -1.06. The third kappa shape index (κ3) is 3.51. The van der Waals surface area contributed by atoms with Crippen LogP contribution in [-0.2, 0) is 9.53 Å². The van der Waals surface area contributed by atoms with Gasteiger partial charge in [0.15, 0.2) is 5.78 Å². The number of ketones is 1. The number of hydrogen-bond donors (Lipinski definition) is 0. The number of hydrogen-bond acceptors (Lipinski definition) is 3. The van der Waals surface area contributed by atoms with Crippen molar-refractivity contribution in [3.63, 3.8) is 0 Å². The van der Waals surface area contributed by atoms with Gasteiger partial charge in [0, 0.05) is 17.0 Å². The molecule has 0 unspecified atom stereocenters. The Labute approximate surface area is 103 Å². The van der Waals surface area contributed by atoms with Gasteiger partial charge in [0.1, 0.15) is 0 Å². The smallest absolute Gasteiger partial charge is 0.305 e. The second-order valence-corrected chi connectivity index (χ2v) is 3.97. The third-order valence-corrected chi connectivity index (χ3v) is 2.56. The molecule has 0 amide bonds. The average molecular weight is 261 g/mol. The van der Waals surface area contributed by atoms with Crippen molar-refractivity contribution in [2.75, 3.05) is 7.11 Å². The molecule has 0 fully saturated rings. The standard InChI is InChI=1S/C11H10Cl2O3/c1-16-11(15)5-4-10(14)8-3-2-7(12)6-9(8)13/h2-3,6H,4-5H2,1H3. The highest BCUT2D eigenvalue weighted by Gasteiger charge is 2.12. The van der Waals surface area contributed by atoms with E-state index in [0.717, 1.165) is 0 Å². The highest BCUT2D eigenvalue weighted by Crippen LogP contribution is 2.22. The molecule has 0 saturated carbocycles. The lowest BCUT2D eigenvalue weighted by atomic mass is 10.1. The molecule has 0 radical (unpaired) electrons. The second-order valence-electron chi connectivity index (χ2n) is 3.12. The minimum atomic E-state index is -0.418. The monoisotopic (exact) mass is 260 g/mol. The van der Waals surface area contributed by atoms with Gasteiger partial charge < -0.3 is 4.74 Å². The van der Waals surface area contributed by atoms with Crippen molar-refractivity contribution < 1.29 is 14.3 Å². The summed E-state index contributed by atoms with van der Waals surface area (Å²) in [6.45, 7) is 0. The lowest BCUT2D eigenvalue weighted by molar-refractivity contribution is -0.140. The predicted octanol–water partition coefficient (Wildman–Crippen LogP) is 3.13. The van der Waals surface area contributed by atoms with E-state index in [-0.39, 0.29) is 18.6 Å². The van der Waals surface area contributed by atoms with Gasteiger partial charge in [0.25, 0.3) is 0 Å². The molecule has 0 heterocycles. The summed E-state index contributed by atoms with van der Waals surface area (Å²) in [6.07, 6.45) is 0.127. The second kappa shape index (κ2) is 5.87. The van der Waals surface area contributed by atoms with Crippen molar-refractivity contribution in [3.05, 3.63) is 33.8 Å². The van der Waals surface area contributed by atoms with Crippen LogP contribution in [0.4, 0.5) is 0 Å². The van der Waals surface area contributed by atoms with Crippen molar-refractivity contribution in [1.29, 1.82) is 0 Å². The predicted molar refractivity (Wildman–Crippen MR) is 62.0 cm³/mol. The molecule has 0 aliphatic heterocycles. The molecule has 0 aliphatic carbocycles. The molecule has 0 aromatic heterocycles. The lowest BCUT2D eigenvalue weighted by Crippen LogP contribution is -2.06. The Morgan fingerprint density at radius 2 is 1.94 bits per heavy atom. The van der Waals surface area contributed by atoms with E-state index in [0.29, 0.717) is 15.6 Å². The number of Topliss-reactive ketones (excluding diaryl/α,β-unsaturated/α-hetero) is 1. The summed E-state index contributed by atoms with van der Waals surface area (Å²) < 4.78 is 4.44. The Morgan fingerprint density at radius 1 is 1.25 bits per heavy atom. The van der Waals surface area contributed by atoms with Gasteiger partial charge in [-0.25, -0.2) is 0 Å². The van der Waals surface area contributed by atoms with Gasteiger partial charge in [-0.1, -0.05) is 23.2 Å². The van der Waals surface area contributed by atoms with E-state index in [4.69, 9.17) is 23.2 Å². The van der Waals surface area contributed by atoms with Crippen LogP contribution < -0.4 is 0 Å². The van der Waals surface area contributed by atoms with Crippen molar-refractivity contribution in [2.45, 2.75) is 12.8 Å². The Bertz CT molecular complexity index is 416. The van der Waals surface area contributed by atoms with Crippen LogP contribution in [0.1, 0.15) is 23.2 Å². The van der Waals surface area contributed by atoms with Crippen molar-refractivity contribution in [2.24, 2.45) is 0 Å². The largest absolute Gasteiger partial charge is 0.469 e. The first-order valence-corrected chi connectivity index (χ1v) is 5.35. The van der Waals surface area contributed by atoms with Crippen LogP contribution >= 0.6 is 23.2 Å². The Balaban J connectivity index is 2.70. The van der Waals surface area contributed by atoms with Crippen molar-refractivity contribution in [3.8, 4) is 0 Å². The summed E-state index contributed by atoms with van der Waals surface area (Å²) in [4.78, 5) is 22.5. The highest BCUT2D eigenvalue weighted by atomic mass is 35.5. The first-order chi connectivity index (χ1) is 7.54. The molecule has 86 valence electrons. The quantitative estimate of drug-likeness (QED) is 0.617. The molecular weight excluding hydrogens is 251 g/mol. The topological polar surface area (TPSA) is 43.4 Å². The van der Waals surface area contributed by atoms with Gasteiger partial charge in [0.2, 0.25) is 0 Å². The van der Waals surface area contributed by atoms with E-state index in [1.807, 2.05) is 0 Å². The number of rotatable bonds is 4. The number of halogens is 2. The number of methoxy groups -OCH3 is 1. The third-order valence-electron chi connectivity index (χ3n) is 2.02. The molecule has 0 spiro atoms. The van der Waals surface area contributed by atoms with Crippen LogP contribution in [0.15, 0.2) is 18.2 Å². The minimum Gasteiger partial charge on any atom is -0.469 e. The zero-order valence-corrected chi connectivity index (χ0v) is 10.1. The Morgan fingerprint density at radius 3 is 2.50 bits per heavy atom. The maximum Gasteiger partial charge on any atom is 0.305 e. The van der Waals surface area contributed by atoms with Gasteiger partial charge >= 0.3 is 5.97 Å². The minimum absolute atomic E-state index is 0.0499. The van der Waals surface area contributed by atoms with Gasteiger partial charge in [-0.05, 0) is 18.2 Å². The molecule has 0 saturated heterocycles. The van der Waals surface area contributed by atoms with E-state index < -0.39 is 5.97 Å². The summed E-state index contributed by atoms with van der Waals surface area (Å²) in [6, 6.07) is 4.62. The van der Waals surface area contributed by atoms with Gasteiger partial charge in [-0.3, -0.25) is 9.59 Å². The fraction of sp³-hybridized carbons (Fsp3) is 0.273. The Kier molecular flexibility index (Phi) is 4.77. The molecule has 1 rings (SSSR count). The SMILES string of the molecule is COC(=O)CCC(=O)c1ccc(Cl)cc1Cl. The van der Waals surface area contributed by atoms with E-state index >= 15 is 0 Å². The van der Waals surface area contributed by atoms with Gasteiger partial charge in [-0.2, -0.15) is 0 Å². The molecule has 3 nitrogen and oxygen atoms in total. The first kappa shape index (κ1) is 13.0. The highest BCUT2D eigenvalue weighted by molar-refractivity contribution is 6.36. The molecular formula is C11H10Cl2O3. The molecule has 1 aromatic carbocycles. The van der Waals surface area contributed by atoms with Gasteiger partial charge in [-0.15, -0.1) is 0 Å². The van der Waals surface area contributed by atoms with E-state index in [1.165, 1.54) is 13.2 Å². The van der Waals surface area contributed by atoms with Crippen LogP contribution in [0.2, 0.25) is 10.0 Å². The zero-order valence-electron chi connectivity index (χ0n) is 8.63. The van der Waals surface area contributed by atoms with E-state index in [2.05, 4.69) is 4.74 Å². The van der Waals surface area contributed by atoms with E-state index in [1.54, 1.807) is 12.1 Å². The molecule has 16 heavy (non-hydrogen) atoms. The normalized spacial score (nSPS) is 9.94. The molecule has 0 aliphatic rings. The fourth-order valence-corrected chi connectivity index (χ4v) is 1.68. The van der Waals surface area contributed by atoms with Gasteiger partial charge in [0.05, 0.1) is 18.6 Å². The molecule has 5 heteroatoms. The average Bonchev–Trinajstić information content (AvgIpc) is 2.25. The molecule has 1 aromatic rings. The maximum absolute atomic E-state index is 11.7. The zero-order chi connectivity index (χ0) is 12.1. The maximum atomic E-state index is 11.7. The van der Waals surface area contributed by atoms with Crippen LogP contribution in [0.3, 0.4) is 0 Å². The van der Waals surface area contributed by atoms with Crippen LogP contribution in [0, 0.1) is 0 Å². The number of carbonyl (C=O) groups is 2. The number of benzene rings is 1. The van der Waals surface area contributed by atoms with E-state index in [9.17, 15) is 9.59 Å². The first-order valence-electron chi connectivity index (χ1n) is 4.59. The molecule has 0 bridgehead atoms. The summed E-state index contributed by atoms with van der Waals surface area (Å²) >= 11 is 11.6. The number of ether oxygens (including phenoxy) is 1. The molecule has 0 atom stereocenters. The summed E-state index contributed by atoms with van der Waals surface area (Å²) in [5, 5.41) is 0.761. The van der Waals surface area contributed by atoms with Crippen molar-refractivity contribution in [1.82, 2.24) is 0 Å². The molecule has 0 N–H and O–H groups in total. The van der Waals surface area contributed by atoms with Crippen LogP contribution in [0.25, 0.3) is 0 Å². The summed E-state index contributed by atoms with van der Waals surface area (Å²) in [7, 11) is 1.28. The summed E-state index contributed by atoms with van der Waals surface area (Å²) in [5.74, 6) is -0.620. The number of carbonyl (C=O) groups excluding carboxylic acids is 2. The van der Waals surface area contributed by atoms with Crippen LogP contribution in [0.5, 0.6) is 0 Å². The van der Waals surface area contributed by atoms with Crippen LogP contribution in [-0.4, -0.2) is 18.9 Å². The number of esters is 1. The fourth-order valence-electron chi connectivity index (χ4n) is 1.17. The summed E-state index contributed by atoms with van der Waals surface area (Å²) in [5.41, 5.74) is 0.370. The lowest BCUT2D eigenvalue weighted by Gasteiger charge is -2.03.